The molecule has 16 heavy (non-hydrogen) atoms. The first-order chi connectivity index (χ1) is 7.84. The molecule has 2 aliphatic rings. The van der Waals surface area contributed by atoms with E-state index in [0.29, 0.717) is 11.8 Å². The molecule has 88 valence electrons. The largest absolute Gasteiger partial charge is 0.445 e. The molecule has 2 fully saturated rings. The number of oxazole rings is 1. The van der Waals surface area contributed by atoms with Crippen LogP contribution in [0.2, 0.25) is 0 Å². The van der Waals surface area contributed by atoms with Gasteiger partial charge < -0.3 is 9.73 Å². The van der Waals surface area contributed by atoms with Crippen molar-refractivity contribution in [1.29, 1.82) is 0 Å². The third-order valence-electron chi connectivity index (χ3n) is 3.97. The number of hydrogen-bond donors (Lipinski definition) is 1. The SMILES string of the molecule is Cc1oc(C2CCCCC2)nc1C1CNC1. The Morgan fingerprint density at radius 3 is 2.50 bits per heavy atom. The van der Waals surface area contributed by atoms with Gasteiger partial charge >= 0.3 is 0 Å². The van der Waals surface area contributed by atoms with Crippen LogP contribution in [0.3, 0.4) is 0 Å². The number of hydrogen-bond acceptors (Lipinski definition) is 3. The highest BCUT2D eigenvalue weighted by Gasteiger charge is 2.28. The van der Waals surface area contributed by atoms with Crippen LogP contribution in [0, 0.1) is 6.92 Å². The summed E-state index contributed by atoms with van der Waals surface area (Å²) in [5.41, 5.74) is 1.21. The topological polar surface area (TPSA) is 38.1 Å². The van der Waals surface area contributed by atoms with Crippen molar-refractivity contribution in [2.75, 3.05) is 13.1 Å². The fourth-order valence-corrected chi connectivity index (χ4v) is 2.81. The van der Waals surface area contributed by atoms with Crippen molar-refractivity contribution in [1.82, 2.24) is 10.3 Å². The molecule has 1 N–H and O–H groups in total. The molecule has 0 bridgehead atoms. The average Bonchev–Trinajstić information content (AvgIpc) is 2.60. The highest BCUT2D eigenvalue weighted by atomic mass is 16.4. The van der Waals surface area contributed by atoms with E-state index in [1.165, 1.54) is 37.8 Å². The van der Waals surface area contributed by atoms with E-state index in [-0.39, 0.29) is 0 Å². The molecule has 0 radical (unpaired) electrons. The van der Waals surface area contributed by atoms with Crippen molar-refractivity contribution in [3.05, 3.63) is 17.3 Å². The van der Waals surface area contributed by atoms with Crippen LogP contribution in [0.5, 0.6) is 0 Å². The Labute approximate surface area is 96.6 Å². The minimum absolute atomic E-state index is 0.592. The molecule has 0 atom stereocenters. The molecule has 0 spiro atoms. The van der Waals surface area contributed by atoms with Gasteiger partial charge in [0, 0.05) is 24.9 Å². The third-order valence-corrected chi connectivity index (χ3v) is 3.97. The average molecular weight is 220 g/mol. The van der Waals surface area contributed by atoms with E-state index in [2.05, 4.69) is 12.2 Å². The Balaban J connectivity index is 1.79. The van der Waals surface area contributed by atoms with Gasteiger partial charge in [-0.25, -0.2) is 4.98 Å². The van der Waals surface area contributed by atoms with Gasteiger partial charge in [0.15, 0.2) is 5.89 Å². The van der Waals surface area contributed by atoms with Crippen LogP contribution in [-0.4, -0.2) is 18.1 Å². The second-order valence-electron chi connectivity index (χ2n) is 5.18. The van der Waals surface area contributed by atoms with E-state index in [1.54, 1.807) is 0 Å². The van der Waals surface area contributed by atoms with Gasteiger partial charge in [0.2, 0.25) is 0 Å². The van der Waals surface area contributed by atoms with Crippen molar-refractivity contribution < 1.29 is 4.42 Å². The lowest BCUT2D eigenvalue weighted by molar-refractivity contribution is 0.356. The molecule has 0 aromatic carbocycles. The van der Waals surface area contributed by atoms with Gasteiger partial charge in [-0.15, -0.1) is 0 Å². The first-order valence-electron chi connectivity index (χ1n) is 6.52. The van der Waals surface area contributed by atoms with Gasteiger partial charge in [0.25, 0.3) is 0 Å². The second-order valence-corrected chi connectivity index (χ2v) is 5.18. The highest BCUT2D eigenvalue weighted by molar-refractivity contribution is 5.19. The molecule has 2 heterocycles. The van der Waals surface area contributed by atoms with E-state index < -0.39 is 0 Å². The molecule has 1 aliphatic carbocycles. The smallest absolute Gasteiger partial charge is 0.197 e. The van der Waals surface area contributed by atoms with E-state index in [0.717, 1.165) is 24.7 Å². The number of nitrogens with one attached hydrogen (secondary N) is 1. The summed E-state index contributed by atoms with van der Waals surface area (Å²) in [6.45, 7) is 4.20. The van der Waals surface area contributed by atoms with Gasteiger partial charge in [-0.05, 0) is 19.8 Å². The van der Waals surface area contributed by atoms with Crippen LogP contribution in [0.4, 0.5) is 0 Å². The minimum Gasteiger partial charge on any atom is -0.445 e. The van der Waals surface area contributed by atoms with Crippen molar-refractivity contribution in [3.8, 4) is 0 Å². The fraction of sp³-hybridized carbons (Fsp3) is 0.769. The Morgan fingerprint density at radius 1 is 1.12 bits per heavy atom. The third kappa shape index (κ3) is 1.77. The van der Waals surface area contributed by atoms with Crippen LogP contribution < -0.4 is 5.32 Å². The van der Waals surface area contributed by atoms with E-state index in [4.69, 9.17) is 9.40 Å². The summed E-state index contributed by atoms with van der Waals surface area (Å²) >= 11 is 0. The second kappa shape index (κ2) is 4.21. The monoisotopic (exact) mass is 220 g/mol. The molecule has 1 saturated carbocycles. The molecule has 0 unspecified atom stereocenters. The molecule has 3 heteroatoms. The molecule has 1 aromatic rings. The van der Waals surface area contributed by atoms with Crippen LogP contribution in [0.15, 0.2) is 4.42 Å². The van der Waals surface area contributed by atoms with Crippen LogP contribution in [0.25, 0.3) is 0 Å². The summed E-state index contributed by atoms with van der Waals surface area (Å²) in [7, 11) is 0. The van der Waals surface area contributed by atoms with Gasteiger partial charge in [-0.1, -0.05) is 19.3 Å². The zero-order valence-electron chi connectivity index (χ0n) is 9.96. The molecular weight excluding hydrogens is 200 g/mol. The van der Waals surface area contributed by atoms with Gasteiger partial charge in [-0.3, -0.25) is 0 Å². The molecule has 3 rings (SSSR count). The van der Waals surface area contributed by atoms with Crippen LogP contribution >= 0.6 is 0 Å². The maximum Gasteiger partial charge on any atom is 0.197 e. The van der Waals surface area contributed by atoms with Crippen LogP contribution in [0.1, 0.15) is 61.3 Å². The first-order valence-corrected chi connectivity index (χ1v) is 6.52. The maximum atomic E-state index is 5.87. The summed E-state index contributed by atoms with van der Waals surface area (Å²) in [6.07, 6.45) is 6.60. The maximum absolute atomic E-state index is 5.87. The van der Waals surface area contributed by atoms with Crippen molar-refractivity contribution in [2.45, 2.75) is 50.9 Å². The number of rotatable bonds is 2. The van der Waals surface area contributed by atoms with Gasteiger partial charge in [-0.2, -0.15) is 0 Å². The summed E-state index contributed by atoms with van der Waals surface area (Å²) in [5.74, 6) is 3.25. The normalized spacial score (nSPS) is 23.3. The summed E-state index contributed by atoms with van der Waals surface area (Å²) in [6, 6.07) is 0. The summed E-state index contributed by atoms with van der Waals surface area (Å²) in [5, 5.41) is 3.29. The van der Waals surface area contributed by atoms with Crippen molar-refractivity contribution >= 4 is 0 Å². The molecule has 1 saturated heterocycles. The Hall–Kier alpha value is -0.830. The predicted octanol–water partition coefficient (Wildman–Crippen LogP) is 2.72. The number of aryl methyl sites for hydroxylation is 1. The first kappa shape index (κ1) is 10.3. The van der Waals surface area contributed by atoms with Gasteiger partial charge in [0.05, 0.1) is 5.69 Å². The Morgan fingerprint density at radius 2 is 1.88 bits per heavy atom. The predicted molar refractivity (Wildman–Crippen MR) is 62.7 cm³/mol. The lowest BCUT2D eigenvalue weighted by Gasteiger charge is -2.25. The fourth-order valence-electron chi connectivity index (χ4n) is 2.81. The molecule has 3 nitrogen and oxygen atoms in total. The Bertz CT molecular complexity index is 362. The van der Waals surface area contributed by atoms with Crippen molar-refractivity contribution in [2.24, 2.45) is 0 Å². The molecule has 1 aliphatic heterocycles. The molecule has 1 aromatic heterocycles. The summed E-state index contributed by atoms with van der Waals surface area (Å²) < 4.78 is 5.87. The van der Waals surface area contributed by atoms with E-state index in [9.17, 15) is 0 Å². The van der Waals surface area contributed by atoms with Gasteiger partial charge in [0.1, 0.15) is 5.76 Å². The standard InChI is InChI=1S/C13H20N2O/c1-9-12(11-7-14-8-11)15-13(16-9)10-5-3-2-4-6-10/h10-11,14H,2-8H2,1H3. The minimum atomic E-state index is 0.592. The summed E-state index contributed by atoms with van der Waals surface area (Å²) in [4.78, 5) is 4.75. The quantitative estimate of drug-likeness (QED) is 0.832. The lowest BCUT2D eigenvalue weighted by Crippen LogP contribution is -2.40. The number of nitrogens with zero attached hydrogens (tertiary/aromatic N) is 1. The zero-order valence-corrected chi connectivity index (χ0v) is 9.96. The number of aromatic nitrogens is 1. The van der Waals surface area contributed by atoms with Crippen molar-refractivity contribution in [3.63, 3.8) is 0 Å². The molecular formula is C13H20N2O. The highest BCUT2D eigenvalue weighted by Crippen LogP contribution is 2.34. The lowest BCUT2D eigenvalue weighted by atomic mass is 9.89. The van der Waals surface area contributed by atoms with E-state index >= 15 is 0 Å². The van der Waals surface area contributed by atoms with Crippen LogP contribution in [-0.2, 0) is 0 Å². The Kier molecular flexibility index (Phi) is 2.72. The van der Waals surface area contributed by atoms with E-state index in [1.807, 2.05) is 0 Å². The molecule has 0 amide bonds. The zero-order chi connectivity index (χ0) is 11.0.